The van der Waals surface area contributed by atoms with Crippen LogP contribution in [0.4, 0.5) is 5.69 Å². The van der Waals surface area contributed by atoms with E-state index in [9.17, 15) is 0 Å². The predicted molar refractivity (Wildman–Crippen MR) is 94.6 cm³/mol. The molecule has 0 amide bonds. The molecule has 2 aliphatic carbocycles. The highest BCUT2D eigenvalue weighted by Crippen LogP contribution is 2.54. The zero-order valence-electron chi connectivity index (χ0n) is 12.8. The van der Waals surface area contributed by atoms with E-state index in [4.69, 9.17) is 4.99 Å². The Hall–Kier alpha value is -1.06. The van der Waals surface area contributed by atoms with E-state index in [-0.39, 0.29) is 0 Å². The first kappa shape index (κ1) is 13.4. The highest BCUT2D eigenvalue weighted by atomic mass is 32.2. The van der Waals surface area contributed by atoms with Crippen molar-refractivity contribution in [3.63, 3.8) is 0 Å². The molecule has 114 valence electrons. The summed E-state index contributed by atoms with van der Waals surface area (Å²) in [4.78, 5) is 4.90. The van der Waals surface area contributed by atoms with Crippen molar-refractivity contribution in [3.05, 3.63) is 35.4 Å². The molecule has 1 atom stereocenters. The number of nitrogens with zero attached hydrogens (tertiary/aromatic N) is 1. The molecular formula is C19H22N2S. The van der Waals surface area contributed by atoms with Crippen molar-refractivity contribution in [2.45, 2.75) is 56.4 Å². The summed E-state index contributed by atoms with van der Waals surface area (Å²) in [7, 11) is 0. The Balaban J connectivity index is 1.49. The van der Waals surface area contributed by atoms with Gasteiger partial charge in [0.15, 0.2) is 0 Å². The van der Waals surface area contributed by atoms with Gasteiger partial charge in [-0.05, 0) is 43.2 Å². The molecule has 0 radical (unpaired) electrons. The topological polar surface area (TPSA) is 24.4 Å². The first-order valence-corrected chi connectivity index (χ1v) is 9.63. The van der Waals surface area contributed by atoms with Crippen molar-refractivity contribution >= 4 is 28.1 Å². The number of nitrogens with one attached hydrogen (secondary N) is 1. The SMILES string of the molecule is c1ccc2c(c1)N=C1SC(NC3CCCCC3)C(C3CC3)=C12. The van der Waals surface area contributed by atoms with Gasteiger partial charge in [-0.15, -0.1) is 0 Å². The molecule has 0 bridgehead atoms. The molecule has 1 aromatic rings. The summed E-state index contributed by atoms with van der Waals surface area (Å²) in [5.41, 5.74) is 5.70. The van der Waals surface area contributed by atoms with Crippen LogP contribution in [0.5, 0.6) is 0 Å². The van der Waals surface area contributed by atoms with E-state index in [1.807, 2.05) is 11.8 Å². The zero-order chi connectivity index (χ0) is 14.5. The van der Waals surface area contributed by atoms with Crippen LogP contribution in [0.15, 0.2) is 34.8 Å². The van der Waals surface area contributed by atoms with Gasteiger partial charge in [-0.3, -0.25) is 5.32 Å². The van der Waals surface area contributed by atoms with Crippen molar-refractivity contribution in [1.82, 2.24) is 5.32 Å². The quantitative estimate of drug-likeness (QED) is 0.859. The minimum absolute atomic E-state index is 0.484. The van der Waals surface area contributed by atoms with E-state index in [0.29, 0.717) is 5.37 Å². The molecule has 1 unspecified atom stereocenters. The molecule has 2 heterocycles. The summed E-state index contributed by atoms with van der Waals surface area (Å²) in [6.45, 7) is 0. The highest BCUT2D eigenvalue weighted by molar-refractivity contribution is 8.16. The maximum absolute atomic E-state index is 4.90. The van der Waals surface area contributed by atoms with Crippen LogP contribution in [0.1, 0.15) is 50.5 Å². The second-order valence-electron chi connectivity index (χ2n) is 7.04. The number of fused-ring (bicyclic) bond motifs is 3. The monoisotopic (exact) mass is 310 g/mol. The van der Waals surface area contributed by atoms with E-state index in [1.54, 1.807) is 5.57 Å². The molecule has 3 heteroatoms. The van der Waals surface area contributed by atoms with E-state index < -0.39 is 0 Å². The Morgan fingerprint density at radius 2 is 1.82 bits per heavy atom. The van der Waals surface area contributed by atoms with E-state index in [1.165, 1.54) is 66.8 Å². The first-order valence-electron chi connectivity index (χ1n) is 8.75. The fourth-order valence-electron chi connectivity index (χ4n) is 4.15. The van der Waals surface area contributed by atoms with E-state index in [0.717, 1.165) is 12.0 Å². The van der Waals surface area contributed by atoms with Gasteiger partial charge in [0.05, 0.1) is 11.1 Å². The van der Waals surface area contributed by atoms with E-state index >= 15 is 0 Å². The lowest BCUT2D eigenvalue weighted by Gasteiger charge is -2.27. The van der Waals surface area contributed by atoms with Crippen LogP contribution in [-0.2, 0) is 0 Å². The molecule has 5 rings (SSSR count). The molecule has 0 aromatic heterocycles. The Bertz CT molecular complexity index is 666. The third-order valence-electron chi connectivity index (χ3n) is 5.42. The van der Waals surface area contributed by atoms with Crippen LogP contribution in [0.25, 0.3) is 5.57 Å². The van der Waals surface area contributed by atoms with Gasteiger partial charge in [-0.1, -0.05) is 49.2 Å². The summed E-state index contributed by atoms with van der Waals surface area (Å²) >= 11 is 1.97. The molecule has 0 spiro atoms. The third kappa shape index (κ3) is 2.17. The van der Waals surface area contributed by atoms with Crippen LogP contribution >= 0.6 is 11.8 Å². The Labute approximate surface area is 136 Å². The van der Waals surface area contributed by atoms with Crippen LogP contribution in [0, 0.1) is 5.92 Å². The average Bonchev–Trinajstić information content (AvgIpc) is 3.23. The van der Waals surface area contributed by atoms with Gasteiger partial charge in [0.1, 0.15) is 5.04 Å². The van der Waals surface area contributed by atoms with Crippen LogP contribution < -0.4 is 5.32 Å². The molecule has 2 aliphatic heterocycles. The molecule has 2 saturated carbocycles. The number of hydrogen-bond acceptors (Lipinski definition) is 3. The van der Waals surface area contributed by atoms with Crippen molar-refractivity contribution in [2.75, 3.05) is 0 Å². The van der Waals surface area contributed by atoms with Crippen molar-refractivity contribution in [2.24, 2.45) is 10.9 Å². The van der Waals surface area contributed by atoms with Crippen LogP contribution in [0.3, 0.4) is 0 Å². The second-order valence-corrected chi connectivity index (χ2v) is 8.13. The summed E-state index contributed by atoms with van der Waals surface area (Å²) < 4.78 is 0. The normalized spacial score (nSPS) is 27.8. The smallest absolute Gasteiger partial charge is 0.107 e. The Morgan fingerprint density at radius 3 is 2.64 bits per heavy atom. The van der Waals surface area contributed by atoms with Gasteiger partial charge in [0, 0.05) is 17.2 Å². The van der Waals surface area contributed by atoms with Gasteiger partial charge >= 0.3 is 0 Å². The third-order valence-corrected chi connectivity index (χ3v) is 6.56. The maximum Gasteiger partial charge on any atom is 0.107 e. The van der Waals surface area contributed by atoms with Crippen LogP contribution in [0.2, 0.25) is 0 Å². The van der Waals surface area contributed by atoms with Gasteiger partial charge < -0.3 is 0 Å². The minimum Gasteiger partial charge on any atom is -0.299 e. The number of benzene rings is 1. The highest BCUT2D eigenvalue weighted by Gasteiger charge is 2.43. The maximum atomic E-state index is 4.90. The molecule has 2 fully saturated rings. The molecule has 0 saturated heterocycles. The number of aliphatic imine (C=N–C) groups is 1. The number of rotatable bonds is 3. The molecular weight excluding hydrogens is 288 g/mol. The first-order chi connectivity index (χ1) is 10.9. The number of hydrogen-bond donors (Lipinski definition) is 1. The lowest BCUT2D eigenvalue weighted by Crippen LogP contribution is -2.38. The van der Waals surface area contributed by atoms with Crippen molar-refractivity contribution in [1.29, 1.82) is 0 Å². The summed E-state index contributed by atoms with van der Waals surface area (Å²) in [6.07, 6.45) is 9.67. The summed E-state index contributed by atoms with van der Waals surface area (Å²) in [5, 5.41) is 5.73. The molecule has 22 heavy (non-hydrogen) atoms. The molecule has 1 aromatic carbocycles. The second kappa shape index (κ2) is 5.24. The van der Waals surface area contributed by atoms with E-state index in [2.05, 4.69) is 29.6 Å². The largest absolute Gasteiger partial charge is 0.299 e. The fourth-order valence-corrected chi connectivity index (χ4v) is 5.57. The predicted octanol–water partition coefficient (Wildman–Crippen LogP) is 4.89. The summed E-state index contributed by atoms with van der Waals surface area (Å²) in [5.74, 6) is 0.808. The van der Waals surface area contributed by atoms with Crippen molar-refractivity contribution < 1.29 is 0 Å². The van der Waals surface area contributed by atoms with Gasteiger partial charge in [0.25, 0.3) is 0 Å². The van der Waals surface area contributed by atoms with Gasteiger partial charge in [-0.2, -0.15) is 0 Å². The average molecular weight is 310 g/mol. The lowest BCUT2D eigenvalue weighted by molar-refractivity contribution is 0.374. The number of para-hydroxylation sites is 1. The van der Waals surface area contributed by atoms with Crippen molar-refractivity contribution in [3.8, 4) is 0 Å². The van der Waals surface area contributed by atoms with Crippen LogP contribution in [-0.4, -0.2) is 16.5 Å². The number of thioether (sulfide) groups is 1. The standard InChI is InChI=1S/C19H22N2S/c1-2-6-13(7-3-1)20-18-16(12-10-11-12)17-14-8-4-5-9-15(14)21-19(17)22-18/h4-5,8-9,12-13,18,20H,1-3,6-7,10-11H2. The van der Waals surface area contributed by atoms with Gasteiger partial charge in [0.2, 0.25) is 0 Å². The Kier molecular flexibility index (Phi) is 3.19. The molecule has 4 aliphatic rings. The fraction of sp³-hybridized carbons (Fsp3) is 0.526. The molecule has 2 nitrogen and oxygen atoms in total. The lowest BCUT2D eigenvalue weighted by atomic mass is 9.94. The molecule has 1 N–H and O–H groups in total. The summed E-state index contributed by atoms with van der Waals surface area (Å²) in [6, 6.07) is 9.38. The zero-order valence-corrected chi connectivity index (χ0v) is 13.7. The van der Waals surface area contributed by atoms with Gasteiger partial charge in [-0.25, -0.2) is 4.99 Å². The Morgan fingerprint density at radius 1 is 1.00 bits per heavy atom. The minimum atomic E-state index is 0.484.